The number of hydrogen-bond acceptors (Lipinski definition) is 3. The molecule has 0 radical (unpaired) electrons. The lowest BCUT2D eigenvalue weighted by Crippen LogP contribution is -2.11. The summed E-state index contributed by atoms with van der Waals surface area (Å²) in [4.78, 5) is 12.1. The number of carbonyl (C=O) groups is 1. The van der Waals surface area contributed by atoms with Gasteiger partial charge in [0, 0.05) is 16.4 Å². The summed E-state index contributed by atoms with van der Waals surface area (Å²) in [5, 5.41) is 0. The Morgan fingerprint density at radius 1 is 1.50 bits per heavy atom. The minimum absolute atomic E-state index is 0.00847. The largest absolute Gasteiger partial charge is 0.768 e. The molecule has 4 heteroatoms. The van der Waals surface area contributed by atoms with Gasteiger partial charge in [0.25, 0.3) is 0 Å². The Morgan fingerprint density at radius 2 is 2.19 bits per heavy atom. The van der Waals surface area contributed by atoms with E-state index in [1.165, 1.54) is 12.1 Å². The minimum Gasteiger partial charge on any atom is -0.768 e. The molecule has 2 atom stereocenters. The lowest BCUT2D eigenvalue weighted by Gasteiger charge is -2.11. The molecule has 0 aromatic heterocycles. The van der Waals surface area contributed by atoms with Crippen LogP contribution in [0, 0.1) is 5.92 Å². The van der Waals surface area contributed by atoms with Gasteiger partial charge in [0.1, 0.15) is 0 Å². The van der Waals surface area contributed by atoms with Gasteiger partial charge in [-0.2, -0.15) is 0 Å². The molecule has 0 bridgehead atoms. The Balaban J connectivity index is 2.91. The van der Waals surface area contributed by atoms with Gasteiger partial charge in [0.2, 0.25) is 0 Å². The minimum atomic E-state index is -2.27. The zero-order valence-electron chi connectivity index (χ0n) is 9.43. The van der Waals surface area contributed by atoms with Crippen molar-refractivity contribution in [2.24, 2.45) is 5.92 Å². The highest BCUT2D eigenvalue weighted by Gasteiger charge is 2.14. The number of hydrogen-bond donors (Lipinski definition) is 0. The number of benzene rings is 1. The molecule has 0 N–H and O–H groups in total. The summed E-state index contributed by atoms with van der Waals surface area (Å²) in [5.74, 6) is -0.0468. The van der Waals surface area contributed by atoms with Crippen molar-refractivity contribution in [2.45, 2.75) is 31.6 Å². The molecule has 1 aromatic rings. The standard InChI is InChI=1S/C12H16O3S/c1-3-5-9(2)12(13)10-6-4-7-11(8-10)16(14)15/h4,6-9H,3,5H2,1-2H3,(H,14,15)/p-1. The maximum Gasteiger partial charge on any atom is 0.165 e. The summed E-state index contributed by atoms with van der Waals surface area (Å²) < 4.78 is 21.5. The lowest BCUT2D eigenvalue weighted by atomic mass is 9.95. The van der Waals surface area contributed by atoms with Gasteiger partial charge in [0.15, 0.2) is 5.78 Å². The Morgan fingerprint density at radius 3 is 2.75 bits per heavy atom. The van der Waals surface area contributed by atoms with Crippen LogP contribution in [0.4, 0.5) is 0 Å². The Bertz CT molecular complexity index is 401. The van der Waals surface area contributed by atoms with Crippen LogP contribution < -0.4 is 0 Å². The van der Waals surface area contributed by atoms with Gasteiger partial charge in [0.05, 0.1) is 0 Å². The predicted molar refractivity (Wildman–Crippen MR) is 62.0 cm³/mol. The van der Waals surface area contributed by atoms with E-state index in [9.17, 15) is 13.6 Å². The van der Waals surface area contributed by atoms with E-state index in [0.717, 1.165) is 12.8 Å². The number of carbonyl (C=O) groups excluding carboxylic acids is 1. The molecular formula is C12H15O3S-. The van der Waals surface area contributed by atoms with E-state index < -0.39 is 11.1 Å². The van der Waals surface area contributed by atoms with Crippen LogP contribution in [0.3, 0.4) is 0 Å². The van der Waals surface area contributed by atoms with E-state index in [4.69, 9.17) is 0 Å². The third-order valence-electron chi connectivity index (χ3n) is 2.48. The van der Waals surface area contributed by atoms with Crippen molar-refractivity contribution < 1.29 is 13.6 Å². The van der Waals surface area contributed by atoms with Gasteiger partial charge in [-0.15, -0.1) is 0 Å². The third-order valence-corrected chi connectivity index (χ3v) is 3.12. The second kappa shape index (κ2) is 5.92. The van der Waals surface area contributed by atoms with Gasteiger partial charge in [-0.25, -0.2) is 0 Å². The molecule has 16 heavy (non-hydrogen) atoms. The number of rotatable bonds is 5. The van der Waals surface area contributed by atoms with Crippen LogP contribution in [0.2, 0.25) is 0 Å². The van der Waals surface area contributed by atoms with Gasteiger partial charge in [-0.3, -0.25) is 9.00 Å². The van der Waals surface area contributed by atoms with Crippen molar-refractivity contribution in [3.8, 4) is 0 Å². The normalized spacial score (nSPS) is 14.4. The highest BCUT2D eigenvalue weighted by molar-refractivity contribution is 7.79. The molecule has 0 aliphatic carbocycles. The van der Waals surface area contributed by atoms with E-state index in [2.05, 4.69) is 0 Å². The molecule has 2 unspecified atom stereocenters. The van der Waals surface area contributed by atoms with Crippen molar-refractivity contribution in [3.05, 3.63) is 29.8 Å². The first-order valence-corrected chi connectivity index (χ1v) is 6.37. The maximum absolute atomic E-state index is 11.9. The first-order valence-electron chi connectivity index (χ1n) is 5.29. The summed E-state index contributed by atoms with van der Waals surface area (Å²) in [6.45, 7) is 3.89. The van der Waals surface area contributed by atoms with Crippen LogP contribution in [0.5, 0.6) is 0 Å². The fraction of sp³-hybridized carbons (Fsp3) is 0.417. The second-order valence-electron chi connectivity index (χ2n) is 3.82. The van der Waals surface area contributed by atoms with Crippen LogP contribution in [0.15, 0.2) is 29.2 Å². The van der Waals surface area contributed by atoms with Gasteiger partial charge >= 0.3 is 0 Å². The monoisotopic (exact) mass is 239 g/mol. The molecule has 0 fully saturated rings. The topological polar surface area (TPSA) is 57.2 Å². The molecule has 0 spiro atoms. The highest BCUT2D eigenvalue weighted by Crippen LogP contribution is 2.16. The Labute approximate surface area is 98.2 Å². The molecular weight excluding hydrogens is 224 g/mol. The van der Waals surface area contributed by atoms with Crippen molar-refractivity contribution in [2.75, 3.05) is 0 Å². The SMILES string of the molecule is CCCC(C)C(=O)c1cccc(S(=O)[O-])c1. The van der Waals surface area contributed by atoms with E-state index in [-0.39, 0.29) is 16.6 Å². The van der Waals surface area contributed by atoms with Crippen molar-refractivity contribution in [1.29, 1.82) is 0 Å². The molecule has 0 amide bonds. The smallest absolute Gasteiger partial charge is 0.165 e. The first kappa shape index (κ1) is 13.1. The summed E-state index contributed by atoms with van der Waals surface area (Å²) in [6.07, 6.45) is 1.77. The maximum atomic E-state index is 11.9. The van der Waals surface area contributed by atoms with E-state index in [1.54, 1.807) is 12.1 Å². The van der Waals surface area contributed by atoms with Gasteiger partial charge in [-0.05, 0) is 29.6 Å². The van der Waals surface area contributed by atoms with E-state index in [1.807, 2.05) is 13.8 Å². The van der Waals surface area contributed by atoms with E-state index >= 15 is 0 Å². The summed E-state index contributed by atoms with van der Waals surface area (Å²) in [6, 6.07) is 6.16. The highest BCUT2D eigenvalue weighted by atomic mass is 32.2. The van der Waals surface area contributed by atoms with Crippen LogP contribution in [0.25, 0.3) is 0 Å². The fourth-order valence-electron chi connectivity index (χ4n) is 1.60. The van der Waals surface area contributed by atoms with Crippen molar-refractivity contribution >= 4 is 16.9 Å². The quantitative estimate of drug-likeness (QED) is 0.586. The van der Waals surface area contributed by atoms with Crippen LogP contribution >= 0.6 is 0 Å². The predicted octanol–water partition coefficient (Wildman–Crippen LogP) is 2.54. The second-order valence-corrected chi connectivity index (χ2v) is 4.76. The zero-order valence-corrected chi connectivity index (χ0v) is 10.3. The van der Waals surface area contributed by atoms with Gasteiger partial charge in [-0.1, -0.05) is 32.4 Å². The molecule has 0 aliphatic heterocycles. The van der Waals surface area contributed by atoms with Crippen LogP contribution in [-0.2, 0) is 11.1 Å². The van der Waals surface area contributed by atoms with Gasteiger partial charge < -0.3 is 4.55 Å². The Kier molecular flexibility index (Phi) is 4.83. The molecule has 1 aromatic carbocycles. The molecule has 0 saturated heterocycles. The molecule has 0 saturated carbocycles. The van der Waals surface area contributed by atoms with Crippen LogP contribution in [0.1, 0.15) is 37.0 Å². The molecule has 3 nitrogen and oxygen atoms in total. The summed E-state index contributed by atoms with van der Waals surface area (Å²) in [7, 11) is 0. The Hall–Kier alpha value is -1.00. The first-order chi connectivity index (χ1) is 7.56. The average molecular weight is 239 g/mol. The summed E-state index contributed by atoms with van der Waals surface area (Å²) in [5.41, 5.74) is 0.475. The molecule has 88 valence electrons. The number of ketones is 1. The molecule has 0 heterocycles. The van der Waals surface area contributed by atoms with Crippen molar-refractivity contribution in [1.82, 2.24) is 0 Å². The van der Waals surface area contributed by atoms with E-state index in [0.29, 0.717) is 5.56 Å². The number of Topliss-reactive ketones (excluding diaryl/α,β-unsaturated/α-hetero) is 1. The average Bonchev–Trinajstić information content (AvgIpc) is 2.28. The molecule has 0 aliphatic rings. The molecule has 1 rings (SSSR count). The fourth-order valence-corrected chi connectivity index (χ4v) is 2.01. The van der Waals surface area contributed by atoms with Crippen molar-refractivity contribution in [3.63, 3.8) is 0 Å². The lowest BCUT2D eigenvalue weighted by molar-refractivity contribution is 0.0923. The van der Waals surface area contributed by atoms with Crippen LogP contribution in [-0.4, -0.2) is 14.5 Å². The zero-order chi connectivity index (χ0) is 12.1. The third kappa shape index (κ3) is 3.25. The summed E-state index contributed by atoms with van der Waals surface area (Å²) >= 11 is -2.27.